The second-order valence-corrected chi connectivity index (χ2v) is 4.96. The van der Waals surface area contributed by atoms with Crippen LogP contribution in [0.3, 0.4) is 0 Å². The molecular weight excluding hydrogens is 342 g/mol. The molecule has 5 nitrogen and oxygen atoms in total. The van der Waals surface area contributed by atoms with E-state index in [1.807, 2.05) is 0 Å². The van der Waals surface area contributed by atoms with Gasteiger partial charge in [0.15, 0.2) is 0 Å². The van der Waals surface area contributed by atoms with Crippen molar-refractivity contribution in [1.29, 1.82) is 0 Å². The highest BCUT2D eigenvalue weighted by atomic mass is 79.9. The molecule has 0 saturated carbocycles. The Labute approximate surface area is 120 Å². The van der Waals surface area contributed by atoms with E-state index in [9.17, 15) is 14.5 Å². The lowest BCUT2D eigenvalue weighted by Crippen LogP contribution is -2.13. The standard InChI is InChI=1S/C11H7BrClFN2O3/c12-6-4-8(14)5(3-7(6)13)11(15)9-1-2-10(19-9)16(17)18/h1-4,11H,15H2. The number of hydrogen-bond acceptors (Lipinski definition) is 4. The molecule has 0 fully saturated rings. The second-order valence-electron chi connectivity index (χ2n) is 3.70. The molecule has 19 heavy (non-hydrogen) atoms. The minimum absolute atomic E-state index is 0.0870. The highest BCUT2D eigenvalue weighted by molar-refractivity contribution is 9.10. The normalized spacial score (nSPS) is 12.4. The van der Waals surface area contributed by atoms with Crippen LogP contribution in [0.4, 0.5) is 10.3 Å². The van der Waals surface area contributed by atoms with Gasteiger partial charge < -0.3 is 10.2 Å². The van der Waals surface area contributed by atoms with E-state index < -0.39 is 22.7 Å². The number of rotatable bonds is 3. The second kappa shape index (κ2) is 5.28. The van der Waals surface area contributed by atoms with Crippen molar-refractivity contribution in [1.82, 2.24) is 0 Å². The Morgan fingerprint density at radius 3 is 2.74 bits per heavy atom. The molecular formula is C11H7BrClFN2O3. The van der Waals surface area contributed by atoms with Crippen LogP contribution in [0, 0.1) is 15.9 Å². The summed E-state index contributed by atoms with van der Waals surface area (Å²) in [6.45, 7) is 0. The molecule has 1 aromatic carbocycles. The zero-order valence-corrected chi connectivity index (χ0v) is 11.6. The lowest BCUT2D eigenvalue weighted by molar-refractivity contribution is -0.402. The van der Waals surface area contributed by atoms with Crippen LogP contribution in [0.2, 0.25) is 5.02 Å². The maximum absolute atomic E-state index is 13.8. The van der Waals surface area contributed by atoms with Gasteiger partial charge in [0.25, 0.3) is 0 Å². The number of nitrogens with two attached hydrogens (primary N) is 1. The van der Waals surface area contributed by atoms with Crippen molar-refractivity contribution in [3.63, 3.8) is 0 Å². The van der Waals surface area contributed by atoms with Crippen molar-refractivity contribution in [2.24, 2.45) is 5.73 Å². The Morgan fingerprint density at radius 1 is 1.47 bits per heavy atom. The van der Waals surface area contributed by atoms with Crippen LogP contribution < -0.4 is 5.73 Å². The van der Waals surface area contributed by atoms with Crippen molar-refractivity contribution in [3.8, 4) is 0 Å². The summed E-state index contributed by atoms with van der Waals surface area (Å²) in [6, 6.07) is 4.04. The molecule has 0 amide bonds. The van der Waals surface area contributed by atoms with Crippen LogP contribution in [0.1, 0.15) is 17.4 Å². The van der Waals surface area contributed by atoms with Gasteiger partial charge in [-0.2, -0.15) is 0 Å². The van der Waals surface area contributed by atoms with Gasteiger partial charge in [0.2, 0.25) is 0 Å². The number of hydrogen-bond donors (Lipinski definition) is 1. The molecule has 2 aromatic rings. The van der Waals surface area contributed by atoms with Gasteiger partial charge in [-0.05, 0) is 34.1 Å². The fraction of sp³-hybridized carbons (Fsp3) is 0.0909. The van der Waals surface area contributed by atoms with Crippen LogP contribution in [0.15, 0.2) is 33.2 Å². The largest absolute Gasteiger partial charge is 0.433 e. The summed E-state index contributed by atoms with van der Waals surface area (Å²) in [5, 5.41) is 10.8. The van der Waals surface area contributed by atoms with E-state index in [-0.39, 0.29) is 16.3 Å². The molecule has 2 rings (SSSR count). The molecule has 0 aliphatic heterocycles. The molecule has 1 heterocycles. The predicted molar refractivity (Wildman–Crippen MR) is 70.5 cm³/mol. The summed E-state index contributed by atoms with van der Waals surface area (Å²) < 4.78 is 19.1. The molecule has 100 valence electrons. The average molecular weight is 350 g/mol. The van der Waals surface area contributed by atoms with Gasteiger partial charge in [0.1, 0.15) is 16.5 Å². The molecule has 0 bridgehead atoms. The highest BCUT2D eigenvalue weighted by Gasteiger charge is 2.21. The van der Waals surface area contributed by atoms with Crippen molar-refractivity contribution < 1.29 is 13.7 Å². The Hall–Kier alpha value is -1.44. The fourth-order valence-electron chi connectivity index (χ4n) is 1.54. The minimum atomic E-state index is -0.973. The predicted octanol–water partition coefficient (Wildman–Crippen LogP) is 3.79. The third-order valence-corrected chi connectivity index (χ3v) is 3.67. The van der Waals surface area contributed by atoms with E-state index in [2.05, 4.69) is 15.9 Å². The molecule has 0 aliphatic carbocycles. The van der Waals surface area contributed by atoms with Crippen molar-refractivity contribution in [2.45, 2.75) is 6.04 Å². The van der Waals surface area contributed by atoms with E-state index in [1.165, 1.54) is 18.2 Å². The first-order valence-corrected chi connectivity index (χ1v) is 6.21. The summed E-state index contributed by atoms with van der Waals surface area (Å²) in [7, 11) is 0. The minimum Gasteiger partial charge on any atom is -0.404 e. The molecule has 0 spiro atoms. The molecule has 0 radical (unpaired) electrons. The molecule has 2 N–H and O–H groups in total. The van der Waals surface area contributed by atoms with E-state index in [0.717, 1.165) is 6.07 Å². The van der Waals surface area contributed by atoms with E-state index >= 15 is 0 Å². The highest BCUT2D eigenvalue weighted by Crippen LogP contribution is 2.32. The van der Waals surface area contributed by atoms with Gasteiger partial charge in [-0.3, -0.25) is 10.1 Å². The van der Waals surface area contributed by atoms with Crippen molar-refractivity contribution in [3.05, 3.63) is 61.0 Å². The molecule has 1 unspecified atom stereocenters. The van der Waals surface area contributed by atoms with Gasteiger partial charge in [-0.1, -0.05) is 11.6 Å². The number of nitrogens with zero attached hydrogens (tertiary/aromatic N) is 1. The molecule has 1 atom stereocenters. The Bertz CT molecular complexity index is 647. The van der Waals surface area contributed by atoms with Crippen LogP contribution in [0.5, 0.6) is 0 Å². The lowest BCUT2D eigenvalue weighted by Gasteiger charge is -2.11. The van der Waals surface area contributed by atoms with Gasteiger partial charge in [0.05, 0.1) is 17.1 Å². The summed E-state index contributed by atoms with van der Waals surface area (Å²) in [4.78, 5) is 9.82. The van der Waals surface area contributed by atoms with Crippen LogP contribution in [0.25, 0.3) is 0 Å². The molecule has 0 saturated heterocycles. The van der Waals surface area contributed by atoms with Gasteiger partial charge in [-0.25, -0.2) is 4.39 Å². The molecule has 0 aliphatic rings. The maximum atomic E-state index is 13.8. The van der Waals surface area contributed by atoms with Crippen LogP contribution >= 0.6 is 27.5 Å². The average Bonchev–Trinajstić information content (AvgIpc) is 2.82. The van der Waals surface area contributed by atoms with Crippen LogP contribution in [-0.4, -0.2) is 4.92 Å². The summed E-state index contributed by atoms with van der Waals surface area (Å²) in [6.07, 6.45) is 0. The fourth-order valence-corrected chi connectivity index (χ4v) is 2.02. The number of benzene rings is 1. The van der Waals surface area contributed by atoms with Crippen molar-refractivity contribution >= 4 is 33.4 Å². The zero-order valence-electron chi connectivity index (χ0n) is 9.27. The van der Waals surface area contributed by atoms with E-state index in [1.54, 1.807) is 0 Å². The summed E-state index contributed by atoms with van der Waals surface area (Å²) >= 11 is 8.95. The monoisotopic (exact) mass is 348 g/mol. The van der Waals surface area contributed by atoms with Gasteiger partial charge >= 0.3 is 5.88 Å². The topological polar surface area (TPSA) is 82.3 Å². The molecule has 8 heteroatoms. The van der Waals surface area contributed by atoms with E-state index in [0.29, 0.717) is 4.47 Å². The van der Waals surface area contributed by atoms with Crippen LogP contribution in [-0.2, 0) is 0 Å². The Kier molecular flexibility index (Phi) is 3.88. The smallest absolute Gasteiger partial charge is 0.404 e. The van der Waals surface area contributed by atoms with Crippen molar-refractivity contribution in [2.75, 3.05) is 0 Å². The maximum Gasteiger partial charge on any atom is 0.433 e. The summed E-state index contributed by atoms with van der Waals surface area (Å²) in [5.74, 6) is -0.944. The number of halogens is 3. The van der Waals surface area contributed by atoms with E-state index in [4.69, 9.17) is 21.8 Å². The summed E-state index contributed by atoms with van der Waals surface area (Å²) in [5.41, 5.74) is 5.91. The zero-order chi connectivity index (χ0) is 14.2. The SMILES string of the molecule is NC(c1ccc([N+](=O)[O-])o1)c1cc(Cl)c(Br)cc1F. The first-order valence-electron chi connectivity index (χ1n) is 5.04. The lowest BCUT2D eigenvalue weighted by atomic mass is 10.1. The van der Waals surface area contributed by atoms with Gasteiger partial charge in [-0.15, -0.1) is 0 Å². The first-order chi connectivity index (χ1) is 8.90. The quantitative estimate of drug-likeness (QED) is 0.519. The van der Waals surface area contributed by atoms with Gasteiger partial charge in [0, 0.05) is 10.0 Å². The molecule has 1 aromatic heterocycles. The first kappa shape index (κ1) is 14.0. The number of furan rings is 1. The third-order valence-electron chi connectivity index (χ3n) is 2.47. The number of nitro groups is 1. The Morgan fingerprint density at radius 2 is 2.16 bits per heavy atom. The Balaban J connectivity index is 2.40. The third kappa shape index (κ3) is 2.78.